The molecule has 2 N–H and O–H groups in total. The molecule has 0 radical (unpaired) electrons. The number of halogens is 1. The number of hydrogen-bond acceptors (Lipinski definition) is 4. The SMILES string of the molecule is Cn1cc(CCNc2ccc([N+](=O)[O-])cc2C(=O)O)c2cccc(Cl)c21. The summed E-state index contributed by atoms with van der Waals surface area (Å²) in [6.45, 7) is 0.476. The third-order valence-corrected chi connectivity index (χ3v) is 4.49. The predicted molar refractivity (Wildman–Crippen MR) is 100 cm³/mol. The maximum absolute atomic E-state index is 11.4. The molecular formula is C18H16ClN3O4. The molecule has 2 aromatic carbocycles. The van der Waals surface area contributed by atoms with Crippen LogP contribution in [0.4, 0.5) is 11.4 Å². The number of carbonyl (C=O) groups is 1. The summed E-state index contributed by atoms with van der Waals surface area (Å²) < 4.78 is 1.96. The second-order valence-electron chi connectivity index (χ2n) is 5.87. The molecule has 0 bridgehead atoms. The molecule has 0 saturated heterocycles. The number of rotatable bonds is 6. The Labute approximate surface area is 154 Å². The Morgan fingerprint density at radius 3 is 2.81 bits per heavy atom. The minimum Gasteiger partial charge on any atom is -0.478 e. The third kappa shape index (κ3) is 3.34. The van der Waals surface area contributed by atoms with Crippen molar-refractivity contribution in [3.8, 4) is 0 Å². The van der Waals surface area contributed by atoms with E-state index in [1.165, 1.54) is 12.1 Å². The van der Waals surface area contributed by atoms with Crippen LogP contribution in [0.5, 0.6) is 0 Å². The van der Waals surface area contributed by atoms with Crippen LogP contribution in [-0.4, -0.2) is 27.1 Å². The van der Waals surface area contributed by atoms with Crippen molar-refractivity contribution in [2.75, 3.05) is 11.9 Å². The number of aryl methyl sites for hydroxylation is 1. The molecule has 0 fully saturated rings. The highest BCUT2D eigenvalue weighted by Gasteiger charge is 2.16. The van der Waals surface area contributed by atoms with Crippen molar-refractivity contribution in [1.29, 1.82) is 0 Å². The van der Waals surface area contributed by atoms with Gasteiger partial charge >= 0.3 is 5.97 Å². The fourth-order valence-corrected chi connectivity index (χ4v) is 3.32. The number of benzene rings is 2. The Hall–Kier alpha value is -3.06. The van der Waals surface area contributed by atoms with E-state index in [0.29, 0.717) is 23.7 Å². The Morgan fingerprint density at radius 2 is 2.12 bits per heavy atom. The summed E-state index contributed by atoms with van der Waals surface area (Å²) in [5, 5.41) is 24.9. The van der Waals surface area contributed by atoms with E-state index in [9.17, 15) is 20.0 Å². The topological polar surface area (TPSA) is 97.4 Å². The molecule has 0 saturated carbocycles. The molecule has 8 heteroatoms. The van der Waals surface area contributed by atoms with Crippen molar-refractivity contribution in [3.63, 3.8) is 0 Å². The summed E-state index contributed by atoms with van der Waals surface area (Å²) in [4.78, 5) is 21.6. The summed E-state index contributed by atoms with van der Waals surface area (Å²) in [6.07, 6.45) is 2.64. The Kier molecular flexibility index (Phi) is 4.81. The first-order chi connectivity index (χ1) is 12.4. The smallest absolute Gasteiger partial charge is 0.338 e. The minimum absolute atomic E-state index is 0.125. The second-order valence-corrected chi connectivity index (χ2v) is 6.28. The summed E-state index contributed by atoms with van der Waals surface area (Å²) in [5.41, 5.74) is 2.00. The van der Waals surface area contributed by atoms with E-state index in [0.717, 1.165) is 22.5 Å². The van der Waals surface area contributed by atoms with E-state index in [-0.39, 0.29) is 11.3 Å². The van der Waals surface area contributed by atoms with Crippen LogP contribution >= 0.6 is 11.6 Å². The number of nitrogens with zero attached hydrogens (tertiary/aromatic N) is 2. The first-order valence-electron chi connectivity index (χ1n) is 7.86. The number of carboxylic acids is 1. The van der Waals surface area contributed by atoms with Crippen LogP contribution < -0.4 is 5.32 Å². The molecule has 0 amide bonds. The molecule has 0 aliphatic rings. The van der Waals surface area contributed by atoms with Crippen molar-refractivity contribution < 1.29 is 14.8 Å². The summed E-state index contributed by atoms with van der Waals surface area (Å²) in [7, 11) is 1.92. The zero-order valence-corrected chi connectivity index (χ0v) is 14.7. The number of para-hydroxylation sites is 1. The van der Waals surface area contributed by atoms with Gasteiger partial charge in [0.25, 0.3) is 5.69 Å². The molecule has 0 aliphatic heterocycles. The van der Waals surface area contributed by atoms with Crippen molar-refractivity contribution in [2.45, 2.75) is 6.42 Å². The Bertz CT molecular complexity index is 1010. The highest BCUT2D eigenvalue weighted by Crippen LogP contribution is 2.28. The van der Waals surface area contributed by atoms with Gasteiger partial charge in [0.05, 0.1) is 21.0 Å². The van der Waals surface area contributed by atoms with Gasteiger partial charge in [-0.1, -0.05) is 23.7 Å². The van der Waals surface area contributed by atoms with Gasteiger partial charge in [0, 0.05) is 43.0 Å². The number of nitro benzene ring substituents is 1. The van der Waals surface area contributed by atoms with E-state index in [1.807, 2.05) is 36.0 Å². The number of nitro groups is 1. The second kappa shape index (κ2) is 7.05. The highest BCUT2D eigenvalue weighted by molar-refractivity contribution is 6.35. The molecule has 7 nitrogen and oxygen atoms in total. The number of aromatic nitrogens is 1. The van der Waals surface area contributed by atoms with E-state index < -0.39 is 10.9 Å². The van der Waals surface area contributed by atoms with Crippen LogP contribution in [0.2, 0.25) is 5.02 Å². The zero-order chi connectivity index (χ0) is 18.8. The lowest BCUT2D eigenvalue weighted by Gasteiger charge is -2.09. The zero-order valence-electron chi connectivity index (χ0n) is 13.9. The minimum atomic E-state index is -1.21. The van der Waals surface area contributed by atoms with Crippen LogP contribution in [0, 0.1) is 10.1 Å². The fourth-order valence-electron chi connectivity index (χ4n) is 3.01. The van der Waals surface area contributed by atoms with Crippen LogP contribution in [-0.2, 0) is 13.5 Å². The van der Waals surface area contributed by atoms with Crippen LogP contribution in [0.25, 0.3) is 10.9 Å². The van der Waals surface area contributed by atoms with E-state index in [4.69, 9.17) is 11.6 Å². The molecule has 3 aromatic rings. The normalized spacial score (nSPS) is 10.8. The van der Waals surface area contributed by atoms with Gasteiger partial charge < -0.3 is 15.0 Å². The third-order valence-electron chi connectivity index (χ3n) is 4.19. The van der Waals surface area contributed by atoms with Crippen molar-refractivity contribution in [2.24, 2.45) is 7.05 Å². The number of anilines is 1. The van der Waals surface area contributed by atoms with Crippen molar-refractivity contribution in [3.05, 3.63) is 68.9 Å². The quantitative estimate of drug-likeness (QED) is 0.501. The summed E-state index contributed by atoms with van der Waals surface area (Å²) >= 11 is 6.24. The number of hydrogen-bond donors (Lipinski definition) is 2. The lowest BCUT2D eigenvalue weighted by molar-refractivity contribution is -0.384. The van der Waals surface area contributed by atoms with Gasteiger partial charge in [-0.3, -0.25) is 10.1 Å². The number of aromatic carboxylic acids is 1. The first kappa shape index (κ1) is 17.8. The molecule has 0 spiro atoms. The van der Waals surface area contributed by atoms with E-state index in [2.05, 4.69) is 5.32 Å². The van der Waals surface area contributed by atoms with Crippen molar-refractivity contribution >= 4 is 39.8 Å². The van der Waals surface area contributed by atoms with Crippen LogP contribution in [0.1, 0.15) is 15.9 Å². The van der Waals surface area contributed by atoms with Crippen LogP contribution in [0.3, 0.4) is 0 Å². The van der Waals surface area contributed by atoms with Gasteiger partial charge in [-0.15, -0.1) is 0 Å². The number of nitrogens with one attached hydrogen (secondary N) is 1. The summed E-state index contributed by atoms with van der Waals surface area (Å²) in [6, 6.07) is 9.48. The van der Waals surface area contributed by atoms with Gasteiger partial charge in [0.15, 0.2) is 0 Å². The van der Waals surface area contributed by atoms with E-state index >= 15 is 0 Å². The van der Waals surface area contributed by atoms with Gasteiger partial charge in [-0.2, -0.15) is 0 Å². The molecule has 1 heterocycles. The molecule has 0 atom stereocenters. The Balaban J connectivity index is 1.80. The number of fused-ring (bicyclic) bond motifs is 1. The Morgan fingerprint density at radius 1 is 1.35 bits per heavy atom. The van der Waals surface area contributed by atoms with Gasteiger partial charge in [0.2, 0.25) is 0 Å². The predicted octanol–water partition coefficient (Wildman–Crippen LogP) is 4.09. The summed E-state index contributed by atoms with van der Waals surface area (Å²) in [5.74, 6) is -1.21. The molecular weight excluding hydrogens is 358 g/mol. The fraction of sp³-hybridized carbons (Fsp3) is 0.167. The lowest BCUT2D eigenvalue weighted by atomic mass is 10.1. The molecule has 134 valence electrons. The van der Waals surface area contributed by atoms with Gasteiger partial charge in [0.1, 0.15) is 0 Å². The van der Waals surface area contributed by atoms with Crippen molar-refractivity contribution in [1.82, 2.24) is 4.57 Å². The number of non-ortho nitro benzene ring substituents is 1. The maximum Gasteiger partial charge on any atom is 0.338 e. The monoisotopic (exact) mass is 373 g/mol. The molecule has 3 rings (SSSR count). The lowest BCUT2D eigenvalue weighted by Crippen LogP contribution is -2.10. The van der Waals surface area contributed by atoms with E-state index in [1.54, 1.807) is 0 Å². The average molecular weight is 374 g/mol. The highest BCUT2D eigenvalue weighted by atomic mass is 35.5. The average Bonchev–Trinajstić information content (AvgIpc) is 2.92. The largest absolute Gasteiger partial charge is 0.478 e. The number of carboxylic acid groups (broad SMARTS) is 1. The standard InChI is InChI=1S/C18H16ClN3O4/c1-21-10-11(13-3-2-4-15(19)17(13)21)7-8-20-16-6-5-12(22(25)26)9-14(16)18(23)24/h2-6,9-10,20H,7-8H2,1H3,(H,23,24). The first-order valence-corrected chi connectivity index (χ1v) is 8.24. The maximum atomic E-state index is 11.4. The molecule has 26 heavy (non-hydrogen) atoms. The molecule has 1 aromatic heterocycles. The van der Waals surface area contributed by atoms with Crippen LogP contribution in [0.15, 0.2) is 42.6 Å². The molecule has 0 aliphatic carbocycles. The van der Waals surface area contributed by atoms with Gasteiger partial charge in [-0.05, 0) is 24.1 Å². The van der Waals surface area contributed by atoms with Gasteiger partial charge in [-0.25, -0.2) is 4.79 Å². The molecule has 0 unspecified atom stereocenters.